The van der Waals surface area contributed by atoms with Crippen molar-refractivity contribution in [3.8, 4) is 0 Å². The summed E-state index contributed by atoms with van der Waals surface area (Å²) >= 11 is 1.46. The normalized spacial score (nSPS) is 13.7. The van der Waals surface area contributed by atoms with Gasteiger partial charge in [-0.3, -0.25) is 4.79 Å². The van der Waals surface area contributed by atoms with E-state index in [0.29, 0.717) is 11.1 Å². The van der Waals surface area contributed by atoms with Crippen LogP contribution in [0.5, 0.6) is 0 Å². The average molecular weight is 291 g/mol. The van der Waals surface area contributed by atoms with E-state index in [9.17, 15) is 9.90 Å². The smallest absolute Gasteiger partial charge is 0.252 e. The Bertz CT molecular complexity index is 542. The standard InChI is InChI=1S/C15H17NO3S/c1-19-11-15(18,13-5-3-2-4-6-13)10-16-14(17)12-7-8-20-9-12/h2-9,18H,10-11H2,1H3,(H,16,17)/t15-/m1/s1. The highest BCUT2D eigenvalue weighted by Gasteiger charge is 2.30. The van der Waals surface area contributed by atoms with Gasteiger partial charge < -0.3 is 15.2 Å². The molecule has 0 aliphatic heterocycles. The van der Waals surface area contributed by atoms with E-state index < -0.39 is 5.60 Å². The van der Waals surface area contributed by atoms with Crippen molar-refractivity contribution in [3.63, 3.8) is 0 Å². The summed E-state index contributed by atoms with van der Waals surface area (Å²) in [4.78, 5) is 11.9. The quantitative estimate of drug-likeness (QED) is 0.856. The van der Waals surface area contributed by atoms with E-state index in [1.54, 1.807) is 11.4 Å². The first-order valence-electron chi connectivity index (χ1n) is 6.23. The summed E-state index contributed by atoms with van der Waals surface area (Å²) in [6.45, 7) is 0.209. The van der Waals surface area contributed by atoms with Gasteiger partial charge in [0, 0.05) is 18.1 Å². The van der Waals surface area contributed by atoms with E-state index in [4.69, 9.17) is 4.74 Å². The Morgan fingerprint density at radius 3 is 2.70 bits per heavy atom. The summed E-state index contributed by atoms with van der Waals surface area (Å²) in [5, 5.41) is 17.1. The summed E-state index contributed by atoms with van der Waals surface area (Å²) in [5.74, 6) is -0.197. The summed E-state index contributed by atoms with van der Waals surface area (Å²) in [5.41, 5.74) is 0.0807. The number of benzene rings is 1. The van der Waals surface area contributed by atoms with Crippen LogP contribution in [0.15, 0.2) is 47.2 Å². The molecule has 0 saturated heterocycles. The molecule has 20 heavy (non-hydrogen) atoms. The van der Waals surface area contributed by atoms with Gasteiger partial charge in [0.2, 0.25) is 0 Å². The first-order valence-corrected chi connectivity index (χ1v) is 7.17. The Morgan fingerprint density at radius 2 is 2.10 bits per heavy atom. The number of hydrogen-bond donors (Lipinski definition) is 2. The van der Waals surface area contributed by atoms with Crippen LogP contribution in [0.3, 0.4) is 0 Å². The summed E-state index contributed by atoms with van der Waals surface area (Å²) in [6, 6.07) is 10.9. The molecular weight excluding hydrogens is 274 g/mol. The van der Waals surface area contributed by atoms with Gasteiger partial charge >= 0.3 is 0 Å². The summed E-state index contributed by atoms with van der Waals surface area (Å²) in [7, 11) is 1.52. The van der Waals surface area contributed by atoms with E-state index in [-0.39, 0.29) is 19.1 Å². The number of hydrogen-bond acceptors (Lipinski definition) is 4. The highest BCUT2D eigenvalue weighted by atomic mass is 32.1. The Balaban J connectivity index is 2.08. The van der Waals surface area contributed by atoms with Crippen molar-refractivity contribution in [3.05, 3.63) is 58.3 Å². The minimum atomic E-state index is -1.23. The molecule has 0 spiro atoms. The number of thiophene rings is 1. The van der Waals surface area contributed by atoms with Gasteiger partial charge in [0.25, 0.3) is 5.91 Å². The maximum absolute atomic E-state index is 11.9. The molecule has 5 heteroatoms. The fraction of sp³-hybridized carbons (Fsp3) is 0.267. The zero-order valence-electron chi connectivity index (χ0n) is 11.2. The molecule has 1 aromatic heterocycles. The van der Waals surface area contributed by atoms with E-state index in [1.807, 2.05) is 35.7 Å². The largest absolute Gasteiger partial charge is 0.381 e. The minimum absolute atomic E-state index is 0.0968. The number of aliphatic hydroxyl groups is 1. The molecule has 2 rings (SSSR count). The maximum Gasteiger partial charge on any atom is 0.252 e. The van der Waals surface area contributed by atoms with Crippen LogP contribution in [0, 0.1) is 0 Å². The zero-order valence-corrected chi connectivity index (χ0v) is 12.0. The lowest BCUT2D eigenvalue weighted by Crippen LogP contribution is -2.43. The summed E-state index contributed by atoms with van der Waals surface area (Å²) in [6.07, 6.45) is 0. The molecule has 0 saturated carbocycles. The number of methoxy groups -OCH3 is 1. The van der Waals surface area contributed by atoms with Crippen LogP contribution in [-0.4, -0.2) is 31.3 Å². The third-order valence-corrected chi connectivity index (χ3v) is 3.70. The van der Waals surface area contributed by atoms with Gasteiger partial charge in [0.05, 0.1) is 13.2 Å². The second kappa shape index (κ2) is 6.65. The van der Waals surface area contributed by atoms with E-state index in [0.717, 1.165) is 0 Å². The summed E-state index contributed by atoms with van der Waals surface area (Å²) < 4.78 is 5.09. The number of carbonyl (C=O) groups excluding carboxylic acids is 1. The second-order valence-corrected chi connectivity index (χ2v) is 5.31. The van der Waals surface area contributed by atoms with Gasteiger partial charge in [-0.15, -0.1) is 0 Å². The van der Waals surface area contributed by atoms with Gasteiger partial charge in [-0.1, -0.05) is 30.3 Å². The third kappa shape index (κ3) is 3.45. The van der Waals surface area contributed by atoms with Gasteiger partial charge in [-0.25, -0.2) is 0 Å². The number of amides is 1. The lowest BCUT2D eigenvalue weighted by atomic mass is 9.94. The van der Waals surface area contributed by atoms with Crippen molar-refractivity contribution >= 4 is 17.2 Å². The minimum Gasteiger partial charge on any atom is -0.381 e. The zero-order chi connectivity index (χ0) is 14.4. The fourth-order valence-electron chi connectivity index (χ4n) is 1.95. The molecule has 1 amide bonds. The van der Waals surface area contributed by atoms with Crippen LogP contribution in [0.4, 0.5) is 0 Å². The molecule has 0 fully saturated rings. The number of rotatable bonds is 6. The van der Waals surface area contributed by atoms with Gasteiger partial charge in [0.15, 0.2) is 0 Å². The molecule has 1 heterocycles. The topological polar surface area (TPSA) is 58.6 Å². The lowest BCUT2D eigenvalue weighted by molar-refractivity contribution is -0.0334. The Kier molecular flexibility index (Phi) is 4.89. The van der Waals surface area contributed by atoms with Crippen LogP contribution < -0.4 is 5.32 Å². The lowest BCUT2D eigenvalue weighted by Gasteiger charge is -2.28. The van der Waals surface area contributed by atoms with Gasteiger partial charge in [-0.2, -0.15) is 11.3 Å². The molecule has 2 N–H and O–H groups in total. The monoisotopic (exact) mass is 291 g/mol. The van der Waals surface area contributed by atoms with E-state index in [2.05, 4.69) is 5.32 Å². The Labute approximate surface area is 122 Å². The number of nitrogens with one attached hydrogen (secondary N) is 1. The van der Waals surface area contributed by atoms with Gasteiger partial charge in [0.1, 0.15) is 5.60 Å². The predicted octanol–water partition coefficient (Wildman–Crippen LogP) is 2.01. The SMILES string of the molecule is COC[C@](O)(CNC(=O)c1ccsc1)c1ccccc1. The highest BCUT2D eigenvalue weighted by molar-refractivity contribution is 7.08. The molecule has 2 aromatic rings. The van der Waals surface area contributed by atoms with Crippen molar-refractivity contribution in [2.75, 3.05) is 20.3 Å². The van der Waals surface area contributed by atoms with Crippen LogP contribution in [0.2, 0.25) is 0 Å². The fourth-order valence-corrected chi connectivity index (χ4v) is 2.58. The molecule has 0 unspecified atom stereocenters. The van der Waals surface area contributed by atoms with Crippen LogP contribution in [0.1, 0.15) is 15.9 Å². The van der Waals surface area contributed by atoms with Crippen molar-refractivity contribution < 1.29 is 14.6 Å². The van der Waals surface area contributed by atoms with Crippen molar-refractivity contribution in [2.24, 2.45) is 0 Å². The van der Waals surface area contributed by atoms with E-state index >= 15 is 0 Å². The Morgan fingerprint density at radius 1 is 1.35 bits per heavy atom. The molecule has 0 aliphatic rings. The first kappa shape index (κ1) is 14.7. The molecule has 0 aliphatic carbocycles. The molecule has 106 valence electrons. The van der Waals surface area contributed by atoms with Gasteiger partial charge in [-0.05, 0) is 17.0 Å². The molecular formula is C15H17NO3S. The molecule has 1 atom stereocenters. The average Bonchev–Trinajstić information content (AvgIpc) is 3.00. The number of carbonyl (C=O) groups is 1. The predicted molar refractivity (Wildman–Crippen MR) is 78.9 cm³/mol. The molecule has 0 radical (unpaired) electrons. The highest BCUT2D eigenvalue weighted by Crippen LogP contribution is 2.20. The third-order valence-electron chi connectivity index (χ3n) is 3.02. The van der Waals surface area contributed by atoms with Crippen molar-refractivity contribution in [1.29, 1.82) is 0 Å². The van der Waals surface area contributed by atoms with Crippen molar-refractivity contribution in [1.82, 2.24) is 5.32 Å². The molecule has 0 bridgehead atoms. The Hall–Kier alpha value is -1.69. The number of ether oxygens (including phenoxy) is 1. The molecule has 4 nitrogen and oxygen atoms in total. The van der Waals surface area contributed by atoms with Crippen molar-refractivity contribution in [2.45, 2.75) is 5.60 Å². The first-order chi connectivity index (χ1) is 9.65. The van der Waals surface area contributed by atoms with E-state index in [1.165, 1.54) is 18.4 Å². The van der Waals surface area contributed by atoms with Crippen LogP contribution in [-0.2, 0) is 10.3 Å². The maximum atomic E-state index is 11.9. The van der Waals surface area contributed by atoms with Crippen LogP contribution >= 0.6 is 11.3 Å². The van der Waals surface area contributed by atoms with Crippen LogP contribution in [0.25, 0.3) is 0 Å². The second-order valence-electron chi connectivity index (χ2n) is 4.53. The molecule has 1 aromatic carbocycles.